The largest absolute Gasteiger partial charge is 0.354 e. The van der Waals surface area contributed by atoms with Crippen LogP contribution in [0.1, 0.15) is 37.4 Å². The van der Waals surface area contributed by atoms with Crippen molar-refractivity contribution in [2.24, 2.45) is 5.92 Å². The summed E-state index contributed by atoms with van der Waals surface area (Å²) in [6, 6.07) is 14.2. The van der Waals surface area contributed by atoms with Crippen LogP contribution in [0.4, 0.5) is 10.1 Å². The molecular weight excluding hydrogens is 459 g/mol. The Bertz CT molecular complexity index is 1350. The molecule has 4 rings (SSSR count). The molecule has 0 saturated carbocycles. The molecule has 36 heavy (non-hydrogen) atoms. The summed E-state index contributed by atoms with van der Waals surface area (Å²) in [5.41, 5.74) is 2.54. The summed E-state index contributed by atoms with van der Waals surface area (Å²) >= 11 is 0. The number of aromatic nitrogens is 4. The fourth-order valence-corrected chi connectivity index (χ4v) is 3.94. The number of amides is 2. The van der Waals surface area contributed by atoms with E-state index in [1.807, 2.05) is 18.2 Å². The maximum atomic E-state index is 14.7. The van der Waals surface area contributed by atoms with E-state index in [-0.39, 0.29) is 18.1 Å². The van der Waals surface area contributed by atoms with Gasteiger partial charge in [0, 0.05) is 30.2 Å². The average molecular weight is 489 g/mol. The molecule has 2 aromatic carbocycles. The van der Waals surface area contributed by atoms with E-state index in [2.05, 4.69) is 34.5 Å². The second kappa shape index (κ2) is 11.1. The lowest BCUT2D eigenvalue weighted by molar-refractivity contribution is -0.127. The van der Waals surface area contributed by atoms with Crippen LogP contribution in [0.25, 0.3) is 11.0 Å². The zero-order valence-corrected chi connectivity index (χ0v) is 20.6. The number of nitrogens with one attached hydrogen (secondary N) is 1. The van der Waals surface area contributed by atoms with Crippen LogP contribution < -0.4 is 10.2 Å². The Balaban J connectivity index is 1.77. The Morgan fingerprint density at radius 2 is 1.92 bits per heavy atom. The van der Waals surface area contributed by atoms with Crippen LogP contribution in [0.3, 0.4) is 0 Å². The molecule has 1 N–H and O–H groups in total. The number of carbonyl (C=O) groups is 2. The van der Waals surface area contributed by atoms with Crippen molar-refractivity contribution in [3.05, 3.63) is 83.9 Å². The topological polar surface area (TPSA) is 93.0 Å². The van der Waals surface area contributed by atoms with Crippen molar-refractivity contribution in [1.29, 1.82) is 0 Å². The quantitative estimate of drug-likeness (QED) is 0.381. The smallest absolute Gasteiger partial charge is 0.249 e. The van der Waals surface area contributed by atoms with Gasteiger partial charge < -0.3 is 5.32 Å². The van der Waals surface area contributed by atoms with Gasteiger partial charge in [-0.25, -0.2) is 9.07 Å². The van der Waals surface area contributed by atoms with Crippen molar-refractivity contribution in [3.63, 3.8) is 0 Å². The van der Waals surface area contributed by atoms with Gasteiger partial charge in [-0.15, -0.1) is 5.10 Å². The second-order valence-corrected chi connectivity index (χ2v) is 9.10. The van der Waals surface area contributed by atoms with Crippen LogP contribution in [0, 0.1) is 18.7 Å². The van der Waals surface area contributed by atoms with E-state index in [0.717, 1.165) is 6.42 Å². The van der Waals surface area contributed by atoms with E-state index in [0.29, 0.717) is 34.6 Å². The molecule has 2 amide bonds. The lowest BCUT2D eigenvalue weighted by Crippen LogP contribution is -2.45. The van der Waals surface area contributed by atoms with Crippen LogP contribution in [0.5, 0.6) is 0 Å². The van der Waals surface area contributed by atoms with Crippen molar-refractivity contribution in [2.75, 3.05) is 11.4 Å². The highest BCUT2D eigenvalue weighted by Gasteiger charge is 2.33. The maximum absolute atomic E-state index is 14.7. The number of anilines is 1. The minimum absolute atomic E-state index is 0.188. The number of hydrogen-bond donors (Lipinski definition) is 1. The fraction of sp³-hybridized carbons (Fsp3) is 0.296. The highest BCUT2D eigenvalue weighted by atomic mass is 19.1. The number of pyridine rings is 1. The van der Waals surface area contributed by atoms with Gasteiger partial charge in [0.15, 0.2) is 0 Å². The standard InChI is InChI=1S/C27H29FN6O2/c1-18(2)12-14-30-27(36)26(20-7-6-13-29-16-20)34(21-11-10-19(3)22(28)15-21)25(35)17-33-24-9-5-4-8-23(24)31-32-33/h4-11,13,15-16,18,26H,12,14,17H2,1-3H3,(H,30,36). The van der Waals surface area contributed by atoms with E-state index in [1.54, 1.807) is 49.6 Å². The first kappa shape index (κ1) is 25.0. The third-order valence-electron chi connectivity index (χ3n) is 5.94. The fourth-order valence-electron chi connectivity index (χ4n) is 3.94. The monoisotopic (exact) mass is 488 g/mol. The van der Waals surface area contributed by atoms with Crippen LogP contribution in [0.15, 0.2) is 67.0 Å². The zero-order valence-electron chi connectivity index (χ0n) is 20.6. The highest BCUT2D eigenvalue weighted by molar-refractivity contribution is 6.01. The number of nitrogens with zero attached hydrogens (tertiary/aromatic N) is 5. The van der Waals surface area contributed by atoms with Crippen LogP contribution in [-0.4, -0.2) is 38.3 Å². The summed E-state index contributed by atoms with van der Waals surface area (Å²) in [7, 11) is 0. The third kappa shape index (κ3) is 5.56. The predicted molar refractivity (Wildman–Crippen MR) is 136 cm³/mol. The van der Waals surface area contributed by atoms with Gasteiger partial charge in [0.25, 0.3) is 0 Å². The number of benzene rings is 2. The summed E-state index contributed by atoms with van der Waals surface area (Å²) in [5.74, 6) is -0.892. The number of hydrogen-bond acceptors (Lipinski definition) is 5. The first-order valence-corrected chi connectivity index (χ1v) is 11.9. The molecule has 0 radical (unpaired) electrons. The van der Waals surface area contributed by atoms with Gasteiger partial charge in [0.05, 0.1) is 5.52 Å². The molecule has 9 heteroatoms. The van der Waals surface area contributed by atoms with Crippen molar-refractivity contribution in [3.8, 4) is 0 Å². The van der Waals surface area contributed by atoms with Crippen LogP contribution in [-0.2, 0) is 16.1 Å². The van der Waals surface area contributed by atoms with E-state index in [4.69, 9.17) is 0 Å². The van der Waals surface area contributed by atoms with Gasteiger partial charge in [0.1, 0.15) is 23.9 Å². The van der Waals surface area contributed by atoms with Gasteiger partial charge in [0.2, 0.25) is 11.8 Å². The van der Waals surface area contributed by atoms with Crippen molar-refractivity contribution in [2.45, 2.75) is 39.8 Å². The normalized spacial score (nSPS) is 12.0. The number of aryl methyl sites for hydroxylation is 1. The molecule has 0 fully saturated rings. The predicted octanol–water partition coefficient (Wildman–Crippen LogP) is 4.21. The summed E-state index contributed by atoms with van der Waals surface area (Å²) in [6.07, 6.45) is 3.92. The number of halogens is 1. The average Bonchev–Trinajstić information content (AvgIpc) is 3.27. The van der Waals surface area contributed by atoms with E-state index in [9.17, 15) is 14.0 Å². The number of para-hydroxylation sites is 1. The third-order valence-corrected chi connectivity index (χ3v) is 5.94. The number of fused-ring (bicyclic) bond motifs is 1. The Hall–Kier alpha value is -4.14. The highest BCUT2D eigenvalue weighted by Crippen LogP contribution is 2.30. The SMILES string of the molecule is Cc1ccc(N(C(=O)Cn2nnc3ccccc32)C(C(=O)NCCC(C)C)c2cccnc2)cc1F. The molecule has 0 aliphatic heterocycles. The maximum Gasteiger partial charge on any atom is 0.249 e. The first-order chi connectivity index (χ1) is 17.3. The van der Waals surface area contributed by atoms with Crippen LogP contribution >= 0.6 is 0 Å². The van der Waals surface area contributed by atoms with Gasteiger partial charge in [-0.05, 0) is 55.2 Å². The number of carbonyl (C=O) groups excluding carboxylic acids is 2. The Labute approximate surface area is 209 Å². The Morgan fingerprint density at radius 1 is 1.11 bits per heavy atom. The molecule has 0 saturated heterocycles. The minimum Gasteiger partial charge on any atom is -0.354 e. The van der Waals surface area contributed by atoms with Crippen molar-refractivity contribution < 1.29 is 14.0 Å². The lowest BCUT2D eigenvalue weighted by atomic mass is 10.0. The molecule has 4 aromatic rings. The molecule has 0 aliphatic carbocycles. The van der Waals surface area contributed by atoms with E-state index < -0.39 is 17.8 Å². The molecule has 2 aromatic heterocycles. The molecular formula is C27H29FN6O2. The molecule has 1 unspecified atom stereocenters. The molecule has 0 bridgehead atoms. The lowest BCUT2D eigenvalue weighted by Gasteiger charge is -2.31. The molecule has 8 nitrogen and oxygen atoms in total. The Kier molecular flexibility index (Phi) is 7.68. The number of rotatable bonds is 9. The summed E-state index contributed by atoms with van der Waals surface area (Å²) < 4.78 is 16.1. The van der Waals surface area contributed by atoms with E-state index in [1.165, 1.54) is 15.6 Å². The molecule has 0 spiro atoms. The molecule has 1 atom stereocenters. The van der Waals surface area contributed by atoms with Gasteiger partial charge in [-0.3, -0.25) is 19.5 Å². The zero-order chi connectivity index (χ0) is 25.7. The summed E-state index contributed by atoms with van der Waals surface area (Å²) in [5, 5.41) is 11.2. The molecule has 186 valence electrons. The van der Waals surface area contributed by atoms with Crippen LogP contribution in [0.2, 0.25) is 0 Å². The molecule has 2 heterocycles. The van der Waals surface area contributed by atoms with Crippen molar-refractivity contribution >= 4 is 28.5 Å². The first-order valence-electron chi connectivity index (χ1n) is 11.9. The minimum atomic E-state index is -1.06. The van der Waals surface area contributed by atoms with Gasteiger partial charge >= 0.3 is 0 Å². The second-order valence-electron chi connectivity index (χ2n) is 9.10. The van der Waals surface area contributed by atoms with Gasteiger partial charge in [-0.1, -0.05) is 43.3 Å². The van der Waals surface area contributed by atoms with Crippen molar-refractivity contribution in [1.82, 2.24) is 25.3 Å². The Morgan fingerprint density at radius 3 is 2.64 bits per heavy atom. The van der Waals surface area contributed by atoms with Gasteiger partial charge in [-0.2, -0.15) is 0 Å². The summed E-state index contributed by atoms with van der Waals surface area (Å²) in [4.78, 5) is 32.9. The van der Waals surface area contributed by atoms with E-state index >= 15 is 0 Å². The summed E-state index contributed by atoms with van der Waals surface area (Å²) in [6.45, 7) is 6.04. The molecule has 0 aliphatic rings.